The van der Waals surface area contributed by atoms with Crippen molar-refractivity contribution in [1.29, 1.82) is 0 Å². The van der Waals surface area contributed by atoms with Crippen LogP contribution in [0.25, 0.3) is 0 Å². The van der Waals surface area contributed by atoms with Gasteiger partial charge in [0.15, 0.2) is 0 Å². The fourth-order valence-corrected chi connectivity index (χ4v) is 3.96. The molecule has 0 aliphatic carbocycles. The molecule has 1 unspecified atom stereocenters. The number of ether oxygens (including phenoxy) is 2. The molecule has 2 aromatic rings. The normalized spacial score (nSPS) is 16.3. The second-order valence-electron chi connectivity index (χ2n) is 7.91. The number of likely N-dealkylation sites (tertiary alicyclic amines) is 1. The van der Waals surface area contributed by atoms with Gasteiger partial charge in [0.05, 0.1) is 13.2 Å². The van der Waals surface area contributed by atoms with Crippen LogP contribution < -0.4 is 0 Å². The molecule has 3 rings (SSSR count). The highest BCUT2D eigenvalue weighted by molar-refractivity contribution is 5.68. The van der Waals surface area contributed by atoms with Crippen LogP contribution in [0, 0.1) is 5.82 Å². The van der Waals surface area contributed by atoms with Gasteiger partial charge >= 0.3 is 5.97 Å². The Morgan fingerprint density at radius 3 is 2.33 bits per heavy atom. The third kappa shape index (κ3) is 6.92. The van der Waals surface area contributed by atoms with E-state index in [4.69, 9.17) is 4.74 Å². The van der Waals surface area contributed by atoms with E-state index < -0.39 is 0 Å². The number of benzene rings is 2. The van der Waals surface area contributed by atoms with Gasteiger partial charge in [-0.15, -0.1) is 0 Å². The monoisotopic (exact) mass is 413 g/mol. The van der Waals surface area contributed by atoms with Gasteiger partial charge in [0.25, 0.3) is 0 Å². The molecule has 0 saturated carbocycles. The lowest BCUT2D eigenvalue weighted by atomic mass is 10.00. The number of piperidine rings is 1. The van der Waals surface area contributed by atoms with E-state index in [0.29, 0.717) is 6.42 Å². The van der Waals surface area contributed by atoms with Gasteiger partial charge in [-0.3, -0.25) is 4.79 Å². The Kier molecular flexibility index (Phi) is 8.84. The highest BCUT2D eigenvalue weighted by Gasteiger charge is 2.24. The second-order valence-corrected chi connectivity index (χ2v) is 7.91. The van der Waals surface area contributed by atoms with Gasteiger partial charge in [-0.2, -0.15) is 0 Å². The van der Waals surface area contributed by atoms with Gasteiger partial charge in [0.2, 0.25) is 0 Å². The third-order valence-electron chi connectivity index (χ3n) is 5.72. The summed E-state index contributed by atoms with van der Waals surface area (Å²) in [6.45, 7) is 3.10. The molecular weight excluding hydrogens is 381 g/mol. The molecule has 0 aromatic heterocycles. The lowest BCUT2D eigenvalue weighted by Crippen LogP contribution is -2.38. The third-order valence-corrected chi connectivity index (χ3v) is 5.72. The predicted molar refractivity (Wildman–Crippen MR) is 116 cm³/mol. The van der Waals surface area contributed by atoms with E-state index >= 15 is 0 Å². The summed E-state index contributed by atoms with van der Waals surface area (Å²) in [5.41, 5.74) is 2.08. The molecular formula is C25H32FNO3. The van der Waals surface area contributed by atoms with Crippen molar-refractivity contribution in [3.05, 3.63) is 71.5 Å². The minimum absolute atomic E-state index is 0.123. The van der Waals surface area contributed by atoms with E-state index in [1.807, 2.05) is 30.3 Å². The fourth-order valence-electron chi connectivity index (χ4n) is 3.96. The quantitative estimate of drug-likeness (QED) is 0.400. The Hall–Kier alpha value is -2.24. The zero-order valence-electron chi connectivity index (χ0n) is 17.8. The Labute approximate surface area is 179 Å². The van der Waals surface area contributed by atoms with Crippen LogP contribution in [0.5, 0.6) is 0 Å². The van der Waals surface area contributed by atoms with Crippen LogP contribution >= 0.6 is 0 Å². The van der Waals surface area contributed by atoms with Gasteiger partial charge in [-0.1, -0.05) is 48.9 Å². The zero-order valence-corrected chi connectivity index (χ0v) is 17.8. The van der Waals surface area contributed by atoms with Crippen LogP contribution in [0.2, 0.25) is 0 Å². The first-order chi connectivity index (χ1) is 14.7. The largest absolute Gasteiger partial charge is 0.469 e. The summed E-state index contributed by atoms with van der Waals surface area (Å²) in [4.78, 5) is 13.6. The molecule has 0 N–H and O–H groups in total. The fraction of sp³-hybridized carbons (Fsp3) is 0.480. The number of rotatable bonds is 10. The number of halogens is 1. The molecule has 1 fully saturated rings. The van der Waals surface area contributed by atoms with Crippen molar-refractivity contribution >= 4 is 5.97 Å². The topological polar surface area (TPSA) is 38.8 Å². The van der Waals surface area contributed by atoms with Gasteiger partial charge in [0.1, 0.15) is 11.9 Å². The van der Waals surface area contributed by atoms with Crippen LogP contribution in [-0.4, -0.2) is 43.7 Å². The van der Waals surface area contributed by atoms with E-state index in [2.05, 4.69) is 21.8 Å². The molecule has 1 saturated heterocycles. The van der Waals surface area contributed by atoms with Gasteiger partial charge in [-0.25, -0.2) is 4.39 Å². The molecule has 1 aliphatic rings. The Morgan fingerprint density at radius 2 is 1.67 bits per heavy atom. The van der Waals surface area contributed by atoms with Crippen LogP contribution in [0.3, 0.4) is 0 Å². The maximum atomic E-state index is 13.4. The number of unbranched alkanes of at least 4 members (excludes halogenated alkanes) is 2. The molecule has 162 valence electrons. The average Bonchev–Trinajstić information content (AvgIpc) is 2.79. The summed E-state index contributed by atoms with van der Waals surface area (Å²) in [5, 5.41) is 0. The van der Waals surface area contributed by atoms with Gasteiger partial charge < -0.3 is 14.4 Å². The van der Waals surface area contributed by atoms with Gasteiger partial charge in [0, 0.05) is 19.5 Å². The molecule has 2 aromatic carbocycles. The molecule has 1 atom stereocenters. The van der Waals surface area contributed by atoms with Crippen LogP contribution in [-0.2, 0) is 14.3 Å². The first-order valence-electron chi connectivity index (χ1n) is 10.9. The highest BCUT2D eigenvalue weighted by Crippen LogP contribution is 2.30. The van der Waals surface area contributed by atoms with Crippen molar-refractivity contribution in [3.63, 3.8) is 0 Å². The number of methoxy groups -OCH3 is 1. The van der Waals surface area contributed by atoms with E-state index in [0.717, 1.165) is 62.9 Å². The van der Waals surface area contributed by atoms with Crippen molar-refractivity contribution in [3.8, 4) is 0 Å². The average molecular weight is 414 g/mol. The summed E-state index contributed by atoms with van der Waals surface area (Å²) >= 11 is 0. The van der Waals surface area contributed by atoms with Crippen LogP contribution in [0.15, 0.2) is 54.6 Å². The van der Waals surface area contributed by atoms with Gasteiger partial charge in [-0.05, 0) is 55.5 Å². The first kappa shape index (κ1) is 22.4. The number of esters is 1. The lowest BCUT2D eigenvalue weighted by molar-refractivity contribution is -0.140. The summed E-state index contributed by atoms with van der Waals surface area (Å²) < 4.78 is 24.6. The molecule has 4 nitrogen and oxygen atoms in total. The Balaban J connectivity index is 1.48. The number of hydrogen-bond donors (Lipinski definition) is 0. The summed E-state index contributed by atoms with van der Waals surface area (Å²) in [7, 11) is 1.44. The van der Waals surface area contributed by atoms with E-state index in [1.54, 1.807) is 0 Å². The molecule has 5 heteroatoms. The minimum atomic E-state index is -0.231. The van der Waals surface area contributed by atoms with Crippen molar-refractivity contribution in [2.24, 2.45) is 0 Å². The number of carbonyl (C=O) groups excluding carboxylic acids is 1. The maximum Gasteiger partial charge on any atom is 0.305 e. The first-order valence-corrected chi connectivity index (χ1v) is 10.9. The Morgan fingerprint density at radius 1 is 1.00 bits per heavy atom. The minimum Gasteiger partial charge on any atom is -0.469 e. The molecule has 0 bridgehead atoms. The van der Waals surface area contributed by atoms with Crippen molar-refractivity contribution < 1.29 is 18.7 Å². The standard InChI is InChI=1S/C25H32FNO3/c1-29-24(28)10-6-3-7-17-27-18-15-23(16-19-27)30-25(20-8-4-2-5-9-20)21-11-13-22(26)14-12-21/h2,4-5,8-9,11-14,23,25H,3,6-7,10,15-19H2,1H3. The SMILES string of the molecule is COC(=O)CCCCCN1CCC(OC(c2ccccc2)c2ccc(F)cc2)CC1. The molecule has 0 radical (unpaired) electrons. The lowest BCUT2D eigenvalue weighted by Gasteiger charge is -2.34. The number of hydrogen-bond acceptors (Lipinski definition) is 4. The second kappa shape index (κ2) is 11.8. The Bertz CT molecular complexity index is 758. The molecule has 0 spiro atoms. The smallest absolute Gasteiger partial charge is 0.305 e. The van der Waals surface area contributed by atoms with E-state index in [-0.39, 0.29) is 24.0 Å². The highest BCUT2D eigenvalue weighted by atomic mass is 19.1. The van der Waals surface area contributed by atoms with E-state index in [9.17, 15) is 9.18 Å². The number of nitrogens with zero attached hydrogens (tertiary/aromatic N) is 1. The van der Waals surface area contributed by atoms with E-state index in [1.165, 1.54) is 19.2 Å². The molecule has 30 heavy (non-hydrogen) atoms. The number of carbonyl (C=O) groups is 1. The van der Waals surface area contributed by atoms with Crippen LogP contribution in [0.4, 0.5) is 4.39 Å². The van der Waals surface area contributed by atoms with Crippen molar-refractivity contribution in [2.75, 3.05) is 26.7 Å². The maximum absolute atomic E-state index is 13.4. The molecule has 1 aliphatic heterocycles. The summed E-state index contributed by atoms with van der Waals surface area (Å²) in [6.07, 6.45) is 5.55. The summed E-state index contributed by atoms with van der Waals surface area (Å²) in [6, 6.07) is 16.8. The van der Waals surface area contributed by atoms with Crippen molar-refractivity contribution in [1.82, 2.24) is 4.90 Å². The summed E-state index contributed by atoms with van der Waals surface area (Å²) in [5.74, 6) is -0.354. The molecule has 1 heterocycles. The van der Waals surface area contributed by atoms with Crippen molar-refractivity contribution in [2.45, 2.75) is 50.7 Å². The predicted octanol–water partition coefficient (Wildman–Crippen LogP) is 5.13. The zero-order chi connectivity index (χ0) is 21.2. The van der Waals surface area contributed by atoms with Crippen LogP contribution in [0.1, 0.15) is 55.8 Å². The molecule has 0 amide bonds.